The fourth-order valence-corrected chi connectivity index (χ4v) is 2.29. The minimum atomic E-state index is -3.11. The Kier molecular flexibility index (Phi) is 3.28. The first-order chi connectivity index (χ1) is 7.54. The molecule has 4 nitrogen and oxygen atoms in total. The van der Waals surface area contributed by atoms with Crippen LogP contribution >= 0.6 is 0 Å². The zero-order valence-corrected chi connectivity index (χ0v) is 10.1. The Morgan fingerprint density at radius 3 is 2.94 bits per heavy atom. The van der Waals surface area contributed by atoms with Crippen LogP contribution in [0.2, 0.25) is 0 Å². The molecule has 1 aliphatic heterocycles. The van der Waals surface area contributed by atoms with Crippen LogP contribution in [-0.2, 0) is 29.5 Å². The Balaban J connectivity index is 2.11. The maximum atomic E-state index is 11.0. The van der Waals surface area contributed by atoms with Crippen LogP contribution in [0.25, 0.3) is 0 Å². The van der Waals surface area contributed by atoms with Gasteiger partial charge in [-0.25, -0.2) is 13.1 Å². The highest BCUT2D eigenvalue weighted by Gasteiger charge is 2.09. The summed E-state index contributed by atoms with van der Waals surface area (Å²) in [4.78, 5) is 0. The molecule has 0 amide bonds. The van der Waals surface area contributed by atoms with Gasteiger partial charge in [0.2, 0.25) is 10.0 Å². The Morgan fingerprint density at radius 2 is 2.19 bits per heavy atom. The van der Waals surface area contributed by atoms with Crippen LogP contribution in [0.1, 0.15) is 16.7 Å². The maximum Gasteiger partial charge on any atom is 0.209 e. The molecule has 0 unspecified atom stereocenters. The molecule has 16 heavy (non-hydrogen) atoms. The molecule has 0 atom stereocenters. The van der Waals surface area contributed by atoms with Gasteiger partial charge in [0.1, 0.15) is 0 Å². The van der Waals surface area contributed by atoms with Crippen LogP contribution in [0.5, 0.6) is 0 Å². The van der Waals surface area contributed by atoms with Gasteiger partial charge in [0.15, 0.2) is 0 Å². The van der Waals surface area contributed by atoms with Crippen molar-refractivity contribution in [3.63, 3.8) is 0 Å². The molecular weight excluding hydrogens is 224 g/mol. The smallest absolute Gasteiger partial charge is 0.209 e. The topological polar surface area (TPSA) is 58.2 Å². The van der Waals surface area contributed by atoms with Crippen LogP contribution in [-0.4, -0.2) is 21.2 Å². The first-order valence-corrected chi connectivity index (χ1v) is 7.20. The van der Waals surface area contributed by atoms with Crippen molar-refractivity contribution < 1.29 is 8.42 Å². The lowest BCUT2D eigenvalue weighted by molar-refractivity contribution is 0.587. The van der Waals surface area contributed by atoms with Gasteiger partial charge in [0.05, 0.1) is 6.26 Å². The predicted molar refractivity (Wildman–Crippen MR) is 63.5 cm³/mol. The monoisotopic (exact) mass is 240 g/mol. The van der Waals surface area contributed by atoms with E-state index >= 15 is 0 Å². The normalized spacial score (nSPS) is 15.8. The number of hydrogen-bond acceptors (Lipinski definition) is 3. The number of rotatable bonds is 3. The van der Waals surface area contributed by atoms with Crippen molar-refractivity contribution in [3.05, 3.63) is 34.9 Å². The predicted octanol–water partition coefficient (Wildman–Crippen LogP) is 0.382. The van der Waals surface area contributed by atoms with E-state index < -0.39 is 10.0 Å². The Labute approximate surface area is 96.1 Å². The lowest BCUT2D eigenvalue weighted by atomic mass is 9.99. The van der Waals surface area contributed by atoms with Crippen molar-refractivity contribution in [2.75, 3.05) is 12.8 Å². The largest absolute Gasteiger partial charge is 0.312 e. The van der Waals surface area contributed by atoms with E-state index in [0.29, 0.717) is 6.54 Å². The van der Waals surface area contributed by atoms with Crippen LogP contribution in [0.3, 0.4) is 0 Å². The maximum absolute atomic E-state index is 11.0. The van der Waals surface area contributed by atoms with E-state index in [2.05, 4.69) is 22.2 Å². The fourth-order valence-electron chi connectivity index (χ4n) is 1.86. The van der Waals surface area contributed by atoms with Crippen LogP contribution in [0.4, 0.5) is 0 Å². The molecule has 1 aliphatic rings. The van der Waals surface area contributed by atoms with Gasteiger partial charge in [-0.2, -0.15) is 0 Å². The van der Waals surface area contributed by atoms with Crippen molar-refractivity contribution in [3.8, 4) is 0 Å². The molecule has 0 spiro atoms. The minimum absolute atomic E-state index is 0.367. The van der Waals surface area contributed by atoms with E-state index in [9.17, 15) is 8.42 Å². The standard InChI is InChI=1S/C11H16N2O2S/c1-16(14,15)13-7-9-2-3-10-4-5-12-8-11(10)6-9/h2-3,6,12-13H,4-5,7-8H2,1H3. The molecule has 0 aromatic heterocycles. The second-order valence-corrected chi connectivity index (χ2v) is 5.96. The van der Waals surface area contributed by atoms with E-state index in [1.165, 1.54) is 17.4 Å². The van der Waals surface area contributed by atoms with E-state index in [0.717, 1.165) is 25.1 Å². The summed E-state index contributed by atoms with van der Waals surface area (Å²) in [5.74, 6) is 0. The van der Waals surface area contributed by atoms with E-state index in [-0.39, 0.29) is 0 Å². The summed E-state index contributed by atoms with van der Waals surface area (Å²) >= 11 is 0. The van der Waals surface area contributed by atoms with Crippen molar-refractivity contribution in [1.29, 1.82) is 0 Å². The number of hydrogen-bond donors (Lipinski definition) is 2. The summed E-state index contributed by atoms with van der Waals surface area (Å²) in [6, 6.07) is 6.15. The minimum Gasteiger partial charge on any atom is -0.312 e. The third kappa shape index (κ3) is 3.04. The van der Waals surface area contributed by atoms with Gasteiger partial charge in [0, 0.05) is 13.1 Å². The molecule has 1 heterocycles. The van der Waals surface area contributed by atoms with Crippen LogP contribution < -0.4 is 10.0 Å². The molecule has 0 fully saturated rings. The van der Waals surface area contributed by atoms with Crippen molar-refractivity contribution in [2.45, 2.75) is 19.5 Å². The molecule has 1 aromatic carbocycles. The highest BCUT2D eigenvalue weighted by molar-refractivity contribution is 7.88. The molecule has 88 valence electrons. The quantitative estimate of drug-likeness (QED) is 0.803. The van der Waals surface area contributed by atoms with Crippen molar-refractivity contribution >= 4 is 10.0 Å². The third-order valence-electron chi connectivity index (χ3n) is 2.70. The van der Waals surface area contributed by atoms with E-state index in [1.807, 2.05) is 6.07 Å². The summed E-state index contributed by atoms with van der Waals surface area (Å²) in [7, 11) is -3.11. The average Bonchev–Trinajstić information content (AvgIpc) is 2.25. The average molecular weight is 240 g/mol. The second-order valence-electron chi connectivity index (χ2n) is 4.12. The van der Waals surface area contributed by atoms with E-state index in [1.54, 1.807) is 0 Å². The molecule has 2 rings (SSSR count). The Bertz CT molecular complexity index is 483. The first kappa shape index (κ1) is 11.6. The zero-order chi connectivity index (χ0) is 11.6. The highest BCUT2D eigenvalue weighted by atomic mass is 32.2. The molecule has 0 saturated carbocycles. The number of benzene rings is 1. The summed E-state index contributed by atoms with van der Waals surface area (Å²) < 4.78 is 24.4. The molecule has 5 heteroatoms. The second kappa shape index (κ2) is 4.53. The van der Waals surface area contributed by atoms with Gasteiger partial charge < -0.3 is 5.32 Å². The van der Waals surface area contributed by atoms with Crippen molar-refractivity contribution in [2.24, 2.45) is 0 Å². The van der Waals surface area contributed by atoms with Gasteiger partial charge >= 0.3 is 0 Å². The molecule has 0 aliphatic carbocycles. The van der Waals surface area contributed by atoms with Crippen LogP contribution in [0, 0.1) is 0 Å². The highest BCUT2D eigenvalue weighted by Crippen LogP contribution is 2.15. The van der Waals surface area contributed by atoms with E-state index in [4.69, 9.17) is 0 Å². The van der Waals surface area contributed by atoms with Gasteiger partial charge in [-0.3, -0.25) is 0 Å². The van der Waals surface area contributed by atoms with Gasteiger partial charge in [-0.05, 0) is 29.7 Å². The van der Waals surface area contributed by atoms with Gasteiger partial charge in [-0.1, -0.05) is 18.2 Å². The third-order valence-corrected chi connectivity index (χ3v) is 3.36. The fraction of sp³-hybridized carbons (Fsp3) is 0.455. The summed E-state index contributed by atoms with van der Waals surface area (Å²) in [5, 5.41) is 3.30. The lowest BCUT2D eigenvalue weighted by Gasteiger charge is -2.17. The Morgan fingerprint density at radius 1 is 1.38 bits per heavy atom. The molecular formula is C11H16N2O2S. The van der Waals surface area contributed by atoms with Gasteiger partial charge in [-0.15, -0.1) is 0 Å². The van der Waals surface area contributed by atoms with Crippen LogP contribution in [0.15, 0.2) is 18.2 Å². The molecule has 1 aromatic rings. The molecule has 0 bridgehead atoms. The first-order valence-electron chi connectivity index (χ1n) is 5.31. The summed E-state index contributed by atoms with van der Waals surface area (Å²) in [5.41, 5.74) is 3.65. The number of nitrogens with one attached hydrogen (secondary N) is 2. The molecule has 0 saturated heterocycles. The SMILES string of the molecule is CS(=O)(=O)NCc1ccc2c(c1)CNCC2. The summed E-state index contributed by atoms with van der Waals surface area (Å²) in [6.07, 6.45) is 2.22. The molecule has 2 N–H and O–H groups in total. The zero-order valence-electron chi connectivity index (χ0n) is 9.29. The molecule has 0 radical (unpaired) electrons. The lowest BCUT2D eigenvalue weighted by Crippen LogP contribution is -2.24. The van der Waals surface area contributed by atoms with Crippen molar-refractivity contribution in [1.82, 2.24) is 10.0 Å². The number of fused-ring (bicyclic) bond motifs is 1. The summed E-state index contributed by atoms with van der Waals surface area (Å²) in [6.45, 7) is 2.27. The Hall–Kier alpha value is -0.910. The van der Waals surface area contributed by atoms with Gasteiger partial charge in [0.25, 0.3) is 0 Å². The number of sulfonamides is 1.